The van der Waals surface area contributed by atoms with E-state index in [4.69, 9.17) is 4.74 Å². The van der Waals surface area contributed by atoms with Crippen LogP contribution in [0.25, 0.3) is 0 Å². The van der Waals surface area contributed by atoms with Gasteiger partial charge in [0.1, 0.15) is 5.56 Å². The number of rotatable bonds is 5. The fourth-order valence-corrected chi connectivity index (χ4v) is 3.47. The van der Waals surface area contributed by atoms with Gasteiger partial charge >= 0.3 is 5.97 Å². The monoisotopic (exact) mass is 380 g/mol. The average Bonchev–Trinajstić information content (AvgIpc) is 2.87. The largest absolute Gasteiger partial charge is 0.454 e. The fourth-order valence-electron chi connectivity index (χ4n) is 3.47. The fraction of sp³-hybridized carbons (Fsp3) is 0.238. The third kappa shape index (κ3) is 3.38. The Morgan fingerprint density at radius 3 is 2.46 bits per heavy atom. The van der Waals surface area contributed by atoms with E-state index >= 15 is 0 Å². The van der Waals surface area contributed by atoms with Gasteiger partial charge in [0, 0.05) is 36.0 Å². The van der Waals surface area contributed by atoms with E-state index in [0.29, 0.717) is 0 Å². The molecule has 0 unspecified atom stereocenters. The number of ketones is 1. The molecule has 1 aliphatic rings. The maximum Gasteiger partial charge on any atom is 0.345 e. The number of fused-ring (bicyclic) bond motifs is 1. The zero-order valence-corrected chi connectivity index (χ0v) is 15.8. The van der Waals surface area contributed by atoms with Crippen molar-refractivity contribution >= 4 is 23.1 Å². The molecule has 7 heteroatoms. The van der Waals surface area contributed by atoms with Crippen LogP contribution in [0.1, 0.15) is 29.8 Å². The molecule has 0 radical (unpaired) electrons. The van der Waals surface area contributed by atoms with E-state index in [1.54, 1.807) is 0 Å². The molecular weight excluding hydrogens is 360 g/mol. The molecule has 7 nitrogen and oxygen atoms in total. The molecule has 2 aromatic carbocycles. The number of para-hydroxylation sites is 2. The van der Waals surface area contributed by atoms with Crippen LogP contribution in [0.3, 0.4) is 0 Å². The number of ether oxygens (including phenoxy) is 1. The molecule has 0 amide bonds. The van der Waals surface area contributed by atoms with Gasteiger partial charge < -0.3 is 9.64 Å². The average molecular weight is 380 g/mol. The molecule has 0 aliphatic carbocycles. The van der Waals surface area contributed by atoms with E-state index in [2.05, 4.69) is 0 Å². The molecule has 0 atom stereocenters. The lowest BCUT2D eigenvalue weighted by Gasteiger charge is -2.23. The zero-order valence-electron chi connectivity index (χ0n) is 15.8. The van der Waals surface area contributed by atoms with Crippen LogP contribution in [-0.4, -0.2) is 30.3 Å². The number of nitrogens with zero attached hydrogens (tertiary/aromatic N) is 2. The van der Waals surface area contributed by atoms with Crippen molar-refractivity contribution in [1.82, 2.24) is 0 Å². The molecule has 0 saturated carbocycles. The summed E-state index contributed by atoms with van der Waals surface area (Å²) in [6, 6.07) is 13.4. The minimum Gasteiger partial charge on any atom is -0.454 e. The summed E-state index contributed by atoms with van der Waals surface area (Å²) in [6.07, 6.45) is 1.46. The number of hydrogen-bond donors (Lipinski definition) is 0. The highest BCUT2D eigenvalue weighted by molar-refractivity contribution is 5.98. The Bertz CT molecular complexity index is 994. The van der Waals surface area contributed by atoms with Crippen LogP contribution in [0.5, 0.6) is 0 Å². The predicted octanol–water partition coefficient (Wildman–Crippen LogP) is 3.63. The van der Waals surface area contributed by atoms with Crippen molar-refractivity contribution in [2.24, 2.45) is 0 Å². The number of hydrogen-bond acceptors (Lipinski definition) is 6. The van der Waals surface area contributed by atoms with Crippen molar-refractivity contribution in [3.8, 4) is 0 Å². The van der Waals surface area contributed by atoms with Gasteiger partial charge in [0.25, 0.3) is 5.69 Å². The maximum absolute atomic E-state index is 12.4. The van der Waals surface area contributed by atoms with Crippen molar-refractivity contribution < 1.29 is 19.2 Å². The Kier molecular flexibility index (Phi) is 5.00. The summed E-state index contributed by atoms with van der Waals surface area (Å²) < 4.78 is 5.02. The van der Waals surface area contributed by atoms with Crippen LogP contribution in [0.2, 0.25) is 0 Å². The smallest absolute Gasteiger partial charge is 0.345 e. The number of nitro benzene ring substituents is 1. The van der Waals surface area contributed by atoms with Crippen molar-refractivity contribution in [3.63, 3.8) is 0 Å². The van der Waals surface area contributed by atoms with Gasteiger partial charge in [-0.25, -0.2) is 4.79 Å². The van der Waals surface area contributed by atoms with E-state index < -0.39 is 23.3 Å². The number of benzene rings is 2. The molecule has 2 aromatic rings. The topological polar surface area (TPSA) is 89.8 Å². The van der Waals surface area contributed by atoms with E-state index in [1.807, 2.05) is 50.1 Å². The number of carbonyl (C=O) groups excluding carboxylic acids is 2. The van der Waals surface area contributed by atoms with Gasteiger partial charge in [0.15, 0.2) is 12.4 Å². The van der Waals surface area contributed by atoms with Crippen molar-refractivity contribution in [2.75, 3.05) is 18.6 Å². The molecule has 0 N–H and O–H groups in total. The van der Waals surface area contributed by atoms with E-state index in [9.17, 15) is 19.7 Å². The van der Waals surface area contributed by atoms with Crippen LogP contribution in [-0.2, 0) is 14.9 Å². The first-order valence-corrected chi connectivity index (χ1v) is 8.72. The molecule has 1 aliphatic heterocycles. The number of esters is 1. The number of likely N-dealkylation sites (N-methyl/N-ethyl adjacent to an activating group) is 1. The zero-order chi connectivity index (χ0) is 20.5. The van der Waals surface area contributed by atoms with Gasteiger partial charge in [-0.1, -0.05) is 44.2 Å². The predicted molar refractivity (Wildman–Crippen MR) is 104 cm³/mol. The first-order valence-electron chi connectivity index (χ1n) is 8.72. The summed E-state index contributed by atoms with van der Waals surface area (Å²) in [6.45, 7) is 3.55. The third-order valence-corrected chi connectivity index (χ3v) is 4.90. The maximum atomic E-state index is 12.4. The van der Waals surface area contributed by atoms with Gasteiger partial charge in [-0.15, -0.1) is 0 Å². The highest BCUT2D eigenvalue weighted by atomic mass is 16.6. The standard InChI is InChI=1S/C21H20N2O5/c1-21(2)16-9-5-7-11-18(16)22(3)19(21)12-14(24)13-28-20(25)15-8-4-6-10-17(15)23(26)27/h4-12H,13H2,1-3H3/b19-12-. The van der Waals surface area contributed by atoms with Crippen molar-refractivity contribution in [2.45, 2.75) is 19.3 Å². The minimum atomic E-state index is -0.902. The molecular formula is C21H20N2O5. The lowest BCUT2D eigenvalue weighted by molar-refractivity contribution is -0.385. The Hall–Kier alpha value is -3.48. The van der Waals surface area contributed by atoms with Gasteiger partial charge in [0.05, 0.1) is 4.92 Å². The Balaban J connectivity index is 1.75. The number of anilines is 1. The van der Waals surface area contributed by atoms with E-state index in [0.717, 1.165) is 16.9 Å². The summed E-state index contributed by atoms with van der Waals surface area (Å²) in [5.41, 5.74) is 2.00. The number of nitro groups is 1. The van der Waals surface area contributed by atoms with Gasteiger partial charge in [-0.2, -0.15) is 0 Å². The summed E-state index contributed by atoms with van der Waals surface area (Å²) in [5, 5.41) is 11.0. The molecule has 144 valence electrons. The summed E-state index contributed by atoms with van der Waals surface area (Å²) in [5.74, 6) is -1.30. The summed E-state index contributed by atoms with van der Waals surface area (Å²) in [7, 11) is 1.88. The second-order valence-electron chi connectivity index (χ2n) is 7.05. The quantitative estimate of drug-likeness (QED) is 0.341. The molecule has 0 fully saturated rings. The molecule has 3 rings (SSSR count). The summed E-state index contributed by atoms with van der Waals surface area (Å²) >= 11 is 0. The lowest BCUT2D eigenvalue weighted by atomic mass is 9.83. The van der Waals surface area contributed by atoms with Gasteiger partial charge in [0.2, 0.25) is 0 Å². The molecule has 28 heavy (non-hydrogen) atoms. The normalized spacial score (nSPS) is 16.0. The molecule has 0 aromatic heterocycles. The number of allylic oxidation sites excluding steroid dienone is 1. The van der Waals surface area contributed by atoms with Gasteiger partial charge in [-0.05, 0) is 17.7 Å². The van der Waals surface area contributed by atoms with Crippen LogP contribution in [0, 0.1) is 10.1 Å². The summed E-state index contributed by atoms with van der Waals surface area (Å²) in [4.78, 5) is 36.9. The van der Waals surface area contributed by atoms with Crippen LogP contribution in [0.4, 0.5) is 11.4 Å². The van der Waals surface area contributed by atoms with Crippen molar-refractivity contribution in [3.05, 3.63) is 81.5 Å². The van der Waals surface area contributed by atoms with Crippen LogP contribution < -0.4 is 4.90 Å². The second kappa shape index (κ2) is 7.26. The molecule has 0 spiro atoms. The first kappa shape index (κ1) is 19.3. The van der Waals surface area contributed by atoms with Gasteiger partial charge in [-0.3, -0.25) is 14.9 Å². The third-order valence-electron chi connectivity index (χ3n) is 4.90. The van der Waals surface area contributed by atoms with Crippen LogP contribution in [0.15, 0.2) is 60.3 Å². The second-order valence-corrected chi connectivity index (χ2v) is 7.05. The Labute approximate surface area is 162 Å². The molecule has 0 saturated heterocycles. The molecule has 1 heterocycles. The van der Waals surface area contributed by atoms with E-state index in [-0.39, 0.29) is 16.7 Å². The highest BCUT2D eigenvalue weighted by Gasteiger charge is 2.38. The Morgan fingerprint density at radius 1 is 1.14 bits per heavy atom. The first-order chi connectivity index (χ1) is 13.2. The molecule has 0 bridgehead atoms. The highest BCUT2D eigenvalue weighted by Crippen LogP contribution is 2.46. The minimum absolute atomic E-state index is 0.182. The number of carbonyl (C=O) groups is 2. The van der Waals surface area contributed by atoms with E-state index in [1.165, 1.54) is 30.3 Å². The SMILES string of the molecule is CN1/C(=C\C(=O)COC(=O)c2ccccc2[N+](=O)[O-])C(C)(C)c2ccccc21. The lowest BCUT2D eigenvalue weighted by Crippen LogP contribution is -2.25. The van der Waals surface area contributed by atoms with Crippen LogP contribution >= 0.6 is 0 Å². The van der Waals surface area contributed by atoms with Crippen molar-refractivity contribution in [1.29, 1.82) is 0 Å². The Morgan fingerprint density at radius 2 is 1.79 bits per heavy atom.